The van der Waals surface area contributed by atoms with Crippen LogP contribution in [0.5, 0.6) is 0 Å². The molecule has 1 fully saturated rings. The normalized spacial score (nSPS) is 16.6. The average Bonchev–Trinajstić information content (AvgIpc) is 2.47. The van der Waals surface area contributed by atoms with E-state index in [-0.39, 0.29) is 17.0 Å². The molecule has 22 heavy (non-hydrogen) atoms. The van der Waals surface area contributed by atoms with E-state index in [2.05, 4.69) is 36.0 Å². The second-order valence-electron chi connectivity index (χ2n) is 7.04. The van der Waals surface area contributed by atoms with Gasteiger partial charge in [-0.25, -0.2) is 4.79 Å². The predicted molar refractivity (Wildman–Crippen MR) is 86.8 cm³/mol. The lowest BCUT2D eigenvalue weighted by molar-refractivity contribution is 0.133. The Hall–Kier alpha value is -1.82. The summed E-state index contributed by atoms with van der Waals surface area (Å²) in [7, 11) is 0. The largest absolute Gasteiger partial charge is 0.337 e. The Balaban J connectivity index is 1.76. The smallest absolute Gasteiger partial charge is 0.317 e. The minimum atomic E-state index is -0.0795. The lowest BCUT2D eigenvalue weighted by atomic mass is 9.97. The molecule has 6 nitrogen and oxygen atoms in total. The van der Waals surface area contributed by atoms with Crippen LogP contribution >= 0.6 is 0 Å². The number of carbonyl (C=O) groups is 1. The summed E-state index contributed by atoms with van der Waals surface area (Å²) >= 11 is 0. The summed E-state index contributed by atoms with van der Waals surface area (Å²) in [6.45, 7) is 11.0. The van der Waals surface area contributed by atoms with E-state index in [0.717, 1.165) is 38.3 Å². The molecule has 0 bridgehead atoms. The fourth-order valence-corrected chi connectivity index (χ4v) is 2.36. The molecule has 122 valence electrons. The number of hydrogen-bond donors (Lipinski definition) is 2. The van der Waals surface area contributed by atoms with Gasteiger partial charge in [0, 0.05) is 51.5 Å². The van der Waals surface area contributed by atoms with Crippen molar-refractivity contribution in [3.63, 3.8) is 0 Å². The van der Waals surface area contributed by atoms with Gasteiger partial charge in [0.15, 0.2) is 0 Å². The van der Waals surface area contributed by atoms with Gasteiger partial charge in [-0.15, -0.1) is 0 Å². The summed E-state index contributed by atoms with van der Waals surface area (Å²) < 4.78 is 0. The molecule has 1 aromatic heterocycles. The quantitative estimate of drug-likeness (QED) is 0.883. The molecule has 6 heteroatoms. The molecule has 2 N–H and O–H groups in total. The van der Waals surface area contributed by atoms with Crippen LogP contribution < -0.4 is 10.9 Å². The maximum absolute atomic E-state index is 12.1. The third kappa shape index (κ3) is 5.18. The second kappa shape index (κ2) is 6.96. The topological polar surface area (TPSA) is 68.4 Å². The Morgan fingerprint density at radius 3 is 2.45 bits per heavy atom. The standard InChI is InChI=1S/C16H26N4O2/c1-16(2,3)12-18-15(22)20-8-6-19(7-9-20)11-13-4-5-14(21)17-10-13/h4-5,10H,6-9,11-12H2,1-3H3,(H,17,21)(H,18,22). The maximum Gasteiger partial charge on any atom is 0.317 e. The summed E-state index contributed by atoms with van der Waals surface area (Å²) in [5, 5.41) is 2.99. The van der Waals surface area contributed by atoms with Crippen molar-refractivity contribution in [3.05, 3.63) is 34.2 Å². The summed E-state index contributed by atoms with van der Waals surface area (Å²) in [6.07, 6.45) is 1.75. The van der Waals surface area contributed by atoms with Crippen molar-refractivity contribution in [3.8, 4) is 0 Å². The number of piperazine rings is 1. The van der Waals surface area contributed by atoms with Crippen LogP contribution in [-0.2, 0) is 6.54 Å². The minimum Gasteiger partial charge on any atom is -0.337 e. The Labute approximate surface area is 131 Å². The van der Waals surface area contributed by atoms with E-state index in [4.69, 9.17) is 0 Å². The molecule has 0 radical (unpaired) electrons. The van der Waals surface area contributed by atoms with Gasteiger partial charge in [-0.05, 0) is 11.0 Å². The van der Waals surface area contributed by atoms with E-state index in [1.165, 1.54) is 0 Å². The Kier molecular flexibility index (Phi) is 5.24. The zero-order valence-electron chi connectivity index (χ0n) is 13.7. The number of aromatic nitrogens is 1. The second-order valence-corrected chi connectivity index (χ2v) is 7.04. The Morgan fingerprint density at radius 1 is 1.23 bits per heavy atom. The minimum absolute atomic E-state index is 0.0265. The van der Waals surface area contributed by atoms with Crippen molar-refractivity contribution in [1.82, 2.24) is 20.1 Å². The fraction of sp³-hybridized carbons (Fsp3) is 0.625. The van der Waals surface area contributed by atoms with Crippen molar-refractivity contribution < 1.29 is 4.79 Å². The molecular weight excluding hydrogens is 280 g/mol. The summed E-state index contributed by atoms with van der Waals surface area (Å²) in [5.41, 5.74) is 1.11. The first kappa shape index (κ1) is 16.5. The van der Waals surface area contributed by atoms with Gasteiger partial charge >= 0.3 is 6.03 Å². The number of hydrogen-bond acceptors (Lipinski definition) is 3. The molecule has 0 atom stereocenters. The van der Waals surface area contributed by atoms with Crippen LogP contribution in [0.2, 0.25) is 0 Å². The first-order valence-corrected chi connectivity index (χ1v) is 7.76. The highest BCUT2D eigenvalue weighted by Crippen LogP contribution is 2.11. The molecule has 2 amide bonds. The van der Waals surface area contributed by atoms with Crippen LogP contribution in [0.1, 0.15) is 26.3 Å². The van der Waals surface area contributed by atoms with Gasteiger partial charge in [-0.2, -0.15) is 0 Å². The number of rotatable bonds is 3. The Bertz CT molecular complexity index is 534. The van der Waals surface area contributed by atoms with Crippen molar-refractivity contribution in [2.24, 2.45) is 5.41 Å². The van der Waals surface area contributed by atoms with Crippen molar-refractivity contribution in [2.75, 3.05) is 32.7 Å². The molecule has 1 saturated heterocycles. The van der Waals surface area contributed by atoms with Crippen LogP contribution in [0, 0.1) is 5.41 Å². The number of nitrogens with zero attached hydrogens (tertiary/aromatic N) is 2. The molecule has 0 saturated carbocycles. The first-order chi connectivity index (χ1) is 10.3. The summed E-state index contributed by atoms with van der Waals surface area (Å²) in [5.74, 6) is 0. The number of urea groups is 1. The highest BCUT2D eigenvalue weighted by molar-refractivity contribution is 5.74. The third-order valence-electron chi connectivity index (χ3n) is 3.68. The fourth-order valence-electron chi connectivity index (χ4n) is 2.36. The maximum atomic E-state index is 12.1. The number of H-pyrrole nitrogens is 1. The average molecular weight is 306 g/mol. The number of aromatic amines is 1. The van der Waals surface area contributed by atoms with E-state index in [1.807, 2.05) is 11.0 Å². The van der Waals surface area contributed by atoms with Crippen molar-refractivity contribution in [1.29, 1.82) is 0 Å². The lowest BCUT2D eigenvalue weighted by Crippen LogP contribution is -2.52. The van der Waals surface area contributed by atoms with E-state index in [1.54, 1.807) is 12.3 Å². The monoisotopic (exact) mass is 306 g/mol. The number of amides is 2. The van der Waals surface area contributed by atoms with Crippen molar-refractivity contribution in [2.45, 2.75) is 27.3 Å². The van der Waals surface area contributed by atoms with Crippen LogP contribution in [0.4, 0.5) is 4.79 Å². The number of nitrogens with one attached hydrogen (secondary N) is 2. The molecule has 0 aromatic carbocycles. The van der Waals surface area contributed by atoms with Gasteiger partial charge in [0.2, 0.25) is 5.56 Å². The van der Waals surface area contributed by atoms with Crippen LogP contribution in [0.3, 0.4) is 0 Å². The molecule has 0 spiro atoms. The molecule has 2 rings (SSSR count). The summed E-state index contributed by atoms with van der Waals surface area (Å²) in [4.78, 5) is 30.0. The van der Waals surface area contributed by atoms with Crippen molar-refractivity contribution >= 4 is 6.03 Å². The molecule has 0 aliphatic carbocycles. The molecule has 1 aliphatic heterocycles. The zero-order chi connectivity index (χ0) is 16.2. The predicted octanol–water partition coefficient (Wildman–Crippen LogP) is 1.25. The van der Waals surface area contributed by atoms with E-state index >= 15 is 0 Å². The zero-order valence-corrected chi connectivity index (χ0v) is 13.7. The SMILES string of the molecule is CC(C)(C)CNC(=O)N1CCN(Cc2ccc(=O)[nH]c2)CC1. The van der Waals surface area contributed by atoms with Crippen LogP contribution in [0.15, 0.2) is 23.1 Å². The van der Waals surface area contributed by atoms with E-state index in [9.17, 15) is 9.59 Å². The molecular formula is C16H26N4O2. The molecule has 2 heterocycles. The molecule has 1 aliphatic rings. The van der Waals surface area contributed by atoms with Gasteiger partial charge in [0.05, 0.1) is 0 Å². The van der Waals surface area contributed by atoms with Gasteiger partial charge in [-0.3, -0.25) is 9.69 Å². The van der Waals surface area contributed by atoms with Crippen LogP contribution in [0.25, 0.3) is 0 Å². The van der Waals surface area contributed by atoms with Crippen LogP contribution in [-0.4, -0.2) is 53.5 Å². The highest BCUT2D eigenvalue weighted by Gasteiger charge is 2.22. The van der Waals surface area contributed by atoms with Gasteiger partial charge < -0.3 is 15.2 Å². The highest BCUT2D eigenvalue weighted by atomic mass is 16.2. The van der Waals surface area contributed by atoms with Gasteiger partial charge in [0.25, 0.3) is 0 Å². The third-order valence-corrected chi connectivity index (χ3v) is 3.68. The van der Waals surface area contributed by atoms with Gasteiger partial charge in [0.1, 0.15) is 0 Å². The number of pyridine rings is 1. The molecule has 1 aromatic rings. The molecule has 0 unspecified atom stereocenters. The van der Waals surface area contributed by atoms with Gasteiger partial charge in [-0.1, -0.05) is 26.8 Å². The Morgan fingerprint density at radius 2 is 1.91 bits per heavy atom. The first-order valence-electron chi connectivity index (χ1n) is 7.76. The summed E-state index contributed by atoms with van der Waals surface area (Å²) in [6, 6.07) is 3.42. The van der Waals surface area contributed by atoms with E-state index < -0.39 is 0 Å². The van der Waals surface area contributed by atoms with E-state index in [0.29, 0.717) is 6.54 Å². The number of carbonyl (C=O) groups excluding carboxylic acids is 1. The lowest BCUT2D eigenvalue weighted by Gasteiger charge is -2.35.